The lowest BCUT2D eigenvalue weighted by Crippen LogP contribution is -2.17. The van der Waals surface area contributed by atoms with Crippen molar-refractivity contribution in [3.8, 4) is 11.8 Å². The van der Waals surface area contributed by atoms with Crippen molar-refractivity contribution in [2.45, 2.75) is 32.1 Å². The van der Waals surface area contributed by atoms with Gasteiger partial charge in [-0.3, -0.25) is 0 Å². The van der Waals surface area contributed by atoms with E-state index in [1.54, 1.807) is 0 Å². The second-order valence-electron chi connectivity index (χ2n) is 5.20. The average molecular weight is 220 g/mol. The van der Waals surface area contributed by atoms with Gasteiger partial charge in [-0.2, -0.15) is 0 Å². The standard InChI is InChI=1S/C17H16/c1-17(2)15-11-6-4-3-5-9-13(15)14-10-7-8-12-16(14)17/h5,7-10,12H,3,11H2,1-2H3/b9-5-. The van der Waals surface area contributed by atoms with Crippen molar-refractivity contribution in [3.63, 3.8) is 0 Å². The van der Waals surface area contributed by atoms with Crippen LogP contribution in [0.2, 0.25) is 0 Å². The Morgan fingerprint density at radius 2 is 1.94 bits per heavy atom. The fourth-order valence-corrected chi connectivity index (χ4v) is 2.89. The van der Waals surface area contributed by atoms with Crippen molar-refractivity contribution < 1.29 is 0 Å². The van der Waals surface area contributed by atoms with Gasteiger partial charge in [0.05, 0.1) is 0 Å². The largest absolute Gasteiger partial charge is 0.0988 e. The van der Waals surface area contributed by atoms with E-state index in [4.69, 9.17) is 0 Å². The van der Waals surface area contributed by atoms with Gasteiger partial charge >= 0.3 is 0 Å². The van der Waals surface area contributed by atoms with Crippen LogP contribution in [0.4, 0.5) is 0 Å². The highest BCUT2D eigenvalue weighted by molar-refractivity contribution is 5.86. The number of hydrogen-bond acceptors (Lipinski definition) is 0. The SMILES string of the molecule is CC1(C)C2=C(/C=C\CC#CC2)c2ccccc21. The first-order chi connectivity index (χ1) is 8.21. The molecule has 0 fully saturated rings. The van der Waals surface area contributed by atoms with E-state index in [9.17, 15) is 0 Å². The molecule has 2 aliphatic rings. The second-order valence-corrected chi connectivity index (χ2v) is 5.20. The molecule has 0 saturated carbocycles. The highest BCUT2D eigenvalue weighted by Gasteiger charge is 2.35. The van der Waals surface area contributed by atoms with Crippen LogP contribution in [0.15, 0.2) is 42.0 Å². The molecule has 0 unspecified atom stereocenters. The minimum absolute atomic E-state index is 0.127. The molecule has 0 radical (unpaired) electrons. The summed E-state index contributed by atoms with van der Waals surface area (Å²) in [6, 6.07) is 8.75. The fourth-order valence-electron chi connectivity index (χ4n) is 2.89. The first-order valence-corrected chi connectivity index (χ1v) is 6.17. The van der Waals surface area contributed by atoms with E-state index < -0.39 is 0 Å². The van der Waals surface area contributed by atoms with Gasteiger partial charge in [-0.05, 0) is 22.3 Å². The maximum atomic E-state index is 3.29. The predicted molar refractivity (Wildman–Crippen MR) is 72.5 cm³/mol. The summed E-state index contributed by atoms with van der Waals surface area (Å²) < 4.78 is 0. The van der Waals surface area contributed by atoms with Crippen LogP contribution in [0.25, 0.3) is 5.57 Å². The number of fused-ring (bicyclic) bond motifs is 2. The molecule has 0 nitrogen and oxygen atoms in total. The van der Waals surface area contributed by atoms with Gasteiger partial charge in [-0.15, -0.1) is 0 Å². The van der Waals surface area contributed by atoms with Gasteiger partial charge in [0.2, 0.25) is 0 Å². The predicted octanol–water partition coefficient (Wildman–Crippen LogP) is 4.08. The summed E-state index contributed by atoms with van der Waals surface area (Å²) in [5.41, 5.74) is 5.84. The monoisotopic (exact) mass is 220 g/mol. The summed E-state index contributed by atoms with van der Waals surface area (Å²) in [5.74, 6) is 6.48. The average Bonchev–Trinajstić information content (AvgIpc) is 2.47. The molecule has 0 saturated heterocycles. The third-order valence-electron chi connectivity index (χ3n) is 3.86. The summed E-state index contributed by atoms with van der Waals surface area (Å²) in [6.45, 7) is 4.62. The van der Waals surface area contributed by atoms with E-state index in [0.29, 0.717) is 0 Å². The van der Waals surface area contributed by atoms with Crippen LogP contribution in [0.1, 0.15) is 37.8 Å². The van der Waals surface area contributed by atoms with E-state index in [1.807, 2.05) is 0 Å². The van der Waals surface area contributed by atoms with Crippen LogP contribution < -0.4 is 0 Å². The van der Waals surface area contributed by atoms with Crippen LogP contribution in [0.5, 0.6) is 0 Å². The lowest BCUT2D eigenvalue weighted by Gasteiger charge is -2.23. The third kappa shape index (κ3) is 1.46. The van der Waals surface area contributed by atoms with Crippen molar-refractivity contribution in [2.75, 3.05) is 0 Å². The molecule has 84 valence electrons. The van der Waals surface area contributed by atoms with Crippen LogP contribution in [0, 0.1) is 11.8 Å². The van der Waals surface area contributed by atoms with E-state index in [-0.39, 0.29) is 5.41 Å². The minimum atomic E-state index is 0.127. The zero-order valence-electron chi connectivity index (χ0n) is 10.4. The van der Waals surface area contributed by atoms with Crippen molar-refractivity contribution in [1.82, 2.24) is 0 Å². The van der Waals surface area contributed by atoms with Crippen LogP contribution in [0.3, 0.4) is 0 Å². The lowest BCUT2D eigenvalue weighted by molar-refractivity contribution is 0.628. The molecule has 1 aromatic carbocycles. The normalized spacial score (nSPS) is 21.8. The maximum Gasteiger partial charge on any atom is 0.0317 e. The number of hydrogen-bond donors (Lipinski definition) is 0. The Labute approximate surface area is 103 Å². The summed E-state index contributed by atoms with van der Waals surface area (Å²) in [6.07, 6.45) is 6.22. The number of rotatable bonds is 0. The van der Waals surface area contributed by atoms with E-state index in [1.165, 1.54) is 22.3 Å². The summed E-state index contributed by atoms with van der Waals surface area (Å²) >= 11 is 0. The summed E-state index contributed by atoms with van der Waals surface area (Å²) in [7, 11) is 0. The van der Waals surface area contributed by atoms with Crippen molar-refractivity contribution in [1.29, 1.82) is 0 Å². The highest BCUT2D eigenvalue weighted by atomic mass is 14.4. The minimum Gasteiger partial charge on any atom is -0.0988 e. The van der Waals surface area contributed by atoms with Crippen LogP contribution in [-0.4, -0.2) is 0 Å². The molecular weight excluding hydrogens is 204 g/mol. The Hall–Kier alpha value is -1.74. The smallest absolute Gasteiger partial charge is 0.0317 e. The molecule has 0 spiro atoms. The van der Waals surface area contributed by atoms with E-state index in [0.717, 1.165) is 12.8 Å². The van der Waals surface area contributed by atoms with Crippen LogP contribution in [-0.2, 0) is 5.41 Å². The van der Waals surface area contributed by atoms with Crippen molar-refractivity contribution in [3.05, 3.63) is 53.1 Å². The zero-order valence-corrected chi connectivity index (χ0v) is 10.4. The lowest BCUT2D eigenvalue weighted by atomic mass is 9.80. The van der Waals surface area contributed by atoms with Gasteiger partial charge < -0.3 is 0 Å². The van der Waals surface area contributed by atoms with Gasteiger partial charge in [0, 0.05) is 18.3 Å². The fraction of sp³-hybridized carbons (Fsp3) is 0.294. The molecule has 3 rings (SSSR count). The van der Waals surface area contributed by atoms with Gasteiger partial charge in [-0.25, -0.2) is 0 Å². The summed E-state index contributed by atoms with van der Waals surface area (Å²) in [5, 5.41) is 0. The Balaban J connectivity index is 2.26. The number of benzene rings is 1. The first-order valence-electron chi connectivity index (χ1n) is 6.17. The summed E-state index contributed by atoms with van der Waals surface area (Å²) in [4.78, 5) is 0. The Bertz CT molecular complexity index is 586. The Morgan fingerprint density at radius 1 is 1.12 bits per heavy atom. The van der Waals surface area contributed by atoms with E-state index >= 15 is 0 Å². The maximum absolute atomic E-state index is 3.29. The topological polar surface area (TPSA) is 0 Å². The molecule has 0 heteroatoms. The quantitative estimate of drug-likeness (QED) is 0.578. The molecule has 0 aliphatic heterocycles. The van der Waals surface area contributed by atoms with Gasteiger partial charge in [0.25, 0.3) is 0 Å². The first kappa shape index (κ1) is 10.4. The molecule has 0 heterocycles. The molecule has 0 atom stereocenters. The molecule has 17 heavy (non-hydrogen) atoms. The highest BCUT2D eigenvalue weighted by Crippen LogP contribution is 2.47. The molecular formula is C17H16. The second kappa shape index (κ2) is 3.64. The Morgan fingerprint density at radius 3 is 2.82 bits per heavy atom. The zero-order chi connectivity index (χ0) is 11.9. The van der Waals surface area contributed by atoms with Gasteiger partial charge in [0.1, 0.15) is 0 Å². The van der Waals surface area contributed by atoms with Crippen molar-refractivity contribution >= 4 is 5.57 Å². The van der Waals surface area contributed by atoms with Gasteiger partial charge in [-0.1, -0.05) is 62.1 Å². The van der Waals surface area contributed by atoms with Gasteiger partial charge in [0.15, 0.2) is 0 Å². The van der Waals surface area contributed by atoms with Crippen molar-refractivity contribution in [2.24, 2.45) is 0 Å². The molecule has 2 aliphatic carbocycles. The molecule has 0 bridgehead atoms. The van der Waals surface area contributed by atoms with Crippen LogP contribution >= 0.6 is 0 Å². The number of allylic oxidation sites excluding steroid dienone is 4. The third-order valence-corrected chi connectivity index (χ3v) is 3.86. The molecule has 0 N–H and O–H groups in total. The molecule has 0 amide bonds. The molecule has 1 aromatic rings. The Kier molecular flexibility index (Phi) is 2.23. The molecule has 0 aromatic heterocycles. The van der Waals surface area contributed by atoms with E-state index in [2.05, 4.69) is 62.1 Å².